The highest BCUT2D eigenvalue weighted by Crippen LogP contribution is 2.19. The Morgan fingerprint density at radius 2 is 1.84 bits per heavy atom. The first-order valence-corrected chi connectivity index (χ1v) is 9.22. The number of benzene rings is 1. The molecule has 1 fully saturated rings. The van der Waals surface area contributed by atoms with Crippen LogP contribution in [-0.4, -0.2) is 31.1 Å². The molecule has 0 radical (unpaired) electrons. The summed E-state index contributed by atoms with van der Waals surface area (Å²) in [4.78, 5) is 24.3. The average molecular weight is 347 g/mol. The lowest BCUT2D eigenvalue weighted by molar-refractivity contribution is -0.155. The van der Waals surface area contributed by atoms with Gasteiger partial charge in [-0.1, -0.05) is 43.9 Å². The first-order valence-electron chi connectivity index (χ1n) is 9.22. The van der Waals surface area contributed by atoms with Gasteiger partial charge in [0.05, 0.1) is 7.11 Å². The average Bonchev–Trinajstić information content (AvgIpc) is 2.88. The van der Waals surface area contributed by atoms with Crippen LogP contribution in [0.15, 0.2) is 24.3 Å². The number of ether oxygens (including phenoxy) is 2. The van der Waals surface area contributed by atoms with Crippen LogP contribution < -0.4 is 10.1 Å². The lowest BCUT2D eigenvalue weighted by Gasteiger charge is -2.19. The lowest BCUT2D eigenvalue weighted by atomic mass is 10.1. The number of hydrogen-bond donors (Lipinski definition) is 1. The maximum absolute atomic E-state index is 12.2. The van der Waals surface area contributed by atoms with E-state index < -0.39 is 6.10 Å². The van der Waals surface area contributed by atoms with E-state index in [-0.39, 0.29) is 24.3 Å². The van der Waals surface area contributed by atoms with Gasteiger partial charge in [-0.25, -0.2) is 0 Å². The highest BCUT2D eigenvalue weighted by Gasteiger charge is 2.21. The molecule has 1 aliphatic rings. The number of amides is 1. The summed E-state index contributed by atoms with van der Waals surface area (Å²) in [5.41, 5.74) is 0.956. The molecule has 1 aliphatic carbocycles. The van der Waals surface area contributed by atoms with Crippen molar-refractivity contribution < 1.29 is 19.1 Å². The molecule has 1 saturated carbocycles. The predicted octanol–water partition coefficient (Wildman–Crippen LogP) is 3.40. The third kappa shape index (κ3) is 6.40. The molecule has 1 aromatic carbocycles. The quantitative estimate of drug-likeness (QED) is 0.606. The monoisotopic (exact) mass is 347 g/mol. The second-order valence-corrected chi connectivity index (χ2v) is 6.64. The Hall–Kier alpha value is -2.04. The van der Waals surface area contributed by atoms with Crippen molar-refractivity contribution in [3.05, 3.63) is 29.8 Å². The van der Waals surface area contributed by atoms with Crippen molar-refractivity contribution in [3.63, 3.8) is 0 Å². The van der Waals surface area contributed by atoms with E-state index in [1.54, 1.807) is 14.0 Å². The van der Waals surface area contributed by atoms with Crippen LogP contribution in [0.5, 0.6) is 5.75 Å². The summed E-state index contributed by atoms with van der Waals surface area (Å²) in [5.74, 6) is 0.196. The molecule has 0 bridgehead atoms. The zero-order chi connectivity index (χ0) is 18.1. The van der Waals surface area contributed by atoms with E-state index in [0.717, 1.165) is 37.0 Å². The number of esters is 1. The second kappa shape index (κ2) is 10.1. The number of nitrogens with one attached hydrogen (secondary N) is 1. The van der Waals surface area contributed by atoms with E-state index in [0.29, 0.717) is 6.42 Å². The van der Waals surface area contributed by atoms with E-state index in [9.17, 15) is 9.59 Å². The van der Waals surface area contributed by atoms with Crippen molar-refractivity contribution in [3.8, 4) is 5.75 Å². The normalized spacial score (nSPS) is 16.6. The van der Waals surface area contributed by atoms with Crippen LogP contribution in [0.2, 0.25) is 0 Å². The Bertz CT molecular complexity index is 565. The van der Waals surface area contributed by atoms with E-state index in [4.69, 9.17) is 9.47 Å². The van der Waals surface area contributed by atoms with Crippen molar-refractivity contribution in [2.24, 2.45) is 0 Å². The third-order valence-electron chi connectivity index (χ3n) is 4.67. The van der Waals surface area contributed by atoms with Gasteiger partial charge in [0.1, 0.15) is 5.75 Å². The van der Waals surface area contributed by atoms with Gasteiger partial charge >= 0.3 is 5.97 Å². The molecule has 0 saturated heterocycles. The molecule has 5 nitrogen and oxygen atoms in total. The van der Waals surface area contributed by atoms with E-state index >= 15 is 0 Å². The maximum Gasteiger partial charge on any atom is 0.306 e. The Morgan fingerprint density at radius 1 is 1.16 bits per heavy atom. The highest BCUT2D eigenvalue weighted by atomic mass is 16.5. The summed E-state index contributed by atoms with van der Waals surface area (Å²) in [5, 5.41) is 3.02. The van der Waals surface area contributed by atoms with Crippen LogP contribution in [0.3, 0.4) is 0 Å². The van der Waals surface area contributed by atoms with Gasteiger partial charge in [0.2, 0.25) is 0 Å². The fourth-order valence-electron chi connectivity index (χ4n) is 3.20. The van der Waals surface area contributed by atoms with Gasteiger partial charge in [0.15, 0.2) is 6.10 Å². The van der Waals surface area contributed by atoms with Crippen LogP contribution in [0.25, 0.3) is 0 Å². The number of rotatable bonds is 7. The van der Waals surface area contributed by atoms with Gasteiger partial charge in [-0.05, 0) is 37.8 Å². The summed E-state index contributed by atoms with van der Waals surface area (Å²) >= 11 is 0. The number of aryl methyl sites for hydroxylation is 1. The number of methoxy groups -OCH3 is 1. The number of carbonyl (C=O) groups excluding carboxylic acids is 2. The Morgan fingerprint density at radius 3 is 2.52 bits per heavy atom. The first-order chi connectivity index (χ1) is 12.1. The van der Waals surface area contributed by atoms with Crippen LogP contribution in [-0.2, 0) is 20.7 Å². The van der Waals surface area contributed by atoms with Crippen molar-refractivity contribution >= 4 is 11.9 Å². The molecule has 1 atom stereocenters. The van der Waals surface area contributed by atoms with Gasteiger partial charge in [-0.15, -0.1) is 0 Å². The molecule has 1 aromatic rings. The Balaban J connectivity index is 1.76. The standard InChI is InChI=1S/C20H29NO4/c1-15(20(23)21-17-10-5-3-4-6-11-17)25-19(22)14-13-16-9-7-8-12-18(16)24-2/h7-9,12,15,17H,3-6,10-11,13-14H2,1-2H3,(H,21,23)/t15-/m0/s1. The molecular formula is C20H29NO4. The van der Waals surface area contributed by atoms with E-state index in [1.807, 2.05) is 24.3 Å². The van der Waals surface area contributed by atoms with Crippen LogP contribution in [0.4, 0.5) is 0 Å². The molecule has 0 spiro atoms. The van der Waals surface area contributed by atoms with Crippen LogP contribution >= 0.6 is 0 Å². The largest absolute Gasteiger partial charge is 0.496 e. The molecule has 1 amide bonds. The SMILES string of the molecule is COc1ccccc1CCC(=O)O[C@@H](C)C(=O)NC1CCCCCC1. The molecule has 0 unspecified atom stereocenters. The Labute approximate surface area is 150 Å². The van der Waals surface area contributed by atoms with Gasteiger partial charge in [-0.2, -0.15) is 0 Å². The molecule has 0 heterocycles. The molecule has 2 rings (SSSR count). The first kappa shape index (κ1) is 19.3. The predicted molar refractivity (Wildman–Crippen MR) is 96.5 cm³/mol. The summed E-state index contributed by atoms with van der Waals surface area (Å²) in [7, 11) is 1.61. The summed E-state index contributed by atoms with van der Waals surface area (Å²) < 4.78 is 10.6. The molecule has 138 valence electrons. The minimum atomic E-state index is -0.756. The molecule has 1 N–H and O–H groups in total. The number of carbonyl (C=O) groups is 2. The fraction of sp³-hybridized carbons (Fsp3) is 0.600. The summed E-state index contributed by atoms with van der Waals surface area (Å²) in [6.45, 7) is 1.63. The number of para-hydroxylation sites is 1. The topological polar surface area (TPSA) is 64.6 Å². The van der Waals surface area contributed by atoms with Gasteiger partial charge in [-0.3, -0.25) is 9.59 Å². The smallest absolute Gasteiger partial charge is 0.306 e. The van der Waals surface area contributed by atoms with Crippen molar-refractivity contribution in [1.29, 1.82) is 0 Å². The Kier molecular flexibility index (Phi) is 7.76. The van der Waals surface area contributed by atoms with Crippen molar-refractivity contribution in [2.75, 3.05) is 7.11 Å². The number of hydrogen-bond acceptors (Lipinski definition) is 4. The molecule has 5 heteroatoms. The highest BCUT2D eigenvalue weighted by molar-refractivity contribution is 5.83. The maximum atomic E-state index is 12.2. The molecule has 0 aliphatic heterocycles. The molecule has 0 aromatic heterocycles. The second-order valence-electron chi connectivity index (χ2n) is 6.64. The zero-order valence-corrected chi connectivity index (χ0v) is 15.3. The van der Waals surface area contributed by atoms with Crippen molar-refractivity contribution in [1.82, 2.24) is 5.32 Å². The van der Waals surface area contributed by atoms with Gasteiger partial charge < -0.3 is 14.8 Å². The minimum Gasteiger partial charge on any atom is -0.496 e. The van der Waals surface area contributed by atoms with Crippen LogP contribution in [0.1, 0.15) is 57.4 Å². The van der Waals surface area contributed by atoms with Crippen molar-refractivity contribution in [2.45, 2.75) is 70.4 Å². The van der Waals surface area contributed by atoms with Gasteiger partial charge in [0, 0.05) is 12.5 Å². The molecule has 25 heavy (non-hydrogen) atoms. The zero-order valence-electron chi connectivity index (χ0n) is 15.3. The van der Waals surface area contributed by atoms with E-state index in [1.165, 1.54) is 12.8 Å². The van der Waals surface area contributed by atoms with Gasteiger partial charge in [0.25, 0.3) is 5.91 Å². The lowest BCUT2D eigenvalue weighted by Crippen LogP contribution is -2.41. The summed E-state index contributed by atoms with van der Waals surface area (Å²) in [6.07, 6.45) is 6.80. The fourth-order valence-corrected chi connectivity index (χ4v) is 3.20. The summed E-state index contributed by atoms with van der Waals surface area (Å²) in [6, 6.07) is 7.80. The minimum absolute atomic E-state index is 0.197. The third-order valence-corrected chi connectivity index (χ3v) is 4.67. The molecular weight excluding hydrogens is 318 g/mol. The van der Waals surface area contributed by atoms with E-state index in [2.05, 4.69) is 5.32 Å². The van der Waals surface area contributed by atoms with Crippen LogP contribution in [0, 0.1) is 0 Å².